The zero-order valence-electron chi connectivity index (χ0n) is 11.9. The largest absolute Gasteiger partial charge is 0.313 e. The first-order valence-electron chi connectivity index (χ1n) is 7.02. The van der Waals surface area contributed by atoms with Gasteiger partial charge in [0.25, 0.3) is 0 Å². The molecule has 0 aromatic heterocycles. The normalized spacial score (nSPS) is 21.9. The maximum atomic E-state index is 3.56. The van der Waals surface area contributed by atoms with Gasteiger partial charge in [0.15, 0.2) is 0 Å². The van der Waals surface area contributed by atoms with Crippen LogP contribution >= 0.6 is 0 Å². The Morgan fingerprint density at radius 1 is 1.22 bits per heavy atom. The van der Waals surface area contributed by atoms with Crippen molar-refractivity contribution >= 4 is 0 Å². The number of allylic oxidation sites excluding steroid dienone is 2. The molecule has 2 rings (SSSR count). The minimum atomic E-state index is 0.397. The molecule has 18 heavy (non-hydrogen) atoms. The standard InChI is InChI=1S/C17H25N/c1-14-9-10-16(17(14,2)3)11-12-18-13-15-7-5-4-6-8-15/h4-9,16,18H,10-13H2,1-3H3. The summed E-state index contributed by atoms with van der Waals surface area (Å²) in [4.78, 5) is 0. The quantitative estimate of drug-likeness (QED) is 0.605. The Labute approximate surface area is 111 Å². The Kier molecular flexibility index (Phi) is 4.23. The van der Waals surface area contributed by atoms with E-state index in [1.165, 1.54) is 18.4 Å². The number of hydrogen-bond acceptors (Lipinski definition) is 1. The fourth-order valence-corrected chi connectivity index (χ4v) is 2.78. The van der Waals surface area contributed by atoms with Crippen molar-refractivity contribution in [1.29, 1.82) is 0 Å². The summed E-state index contributed by atoms with van der Waals surface area (Å²) in [6.07, 6.45) is 4.95. The second-order valence-electron chi connectivity index (χ2n) is 5.99. The van der Waals surface area contributed by atoms with E-state index in [0.29, 0.717) is 5.41 Å². The monoisotopic (exact) mass is 243 g/mol. The fraction of sp³-hybridized carbons (Fsp3) is 0.529. The predicted molar refractivity (Wildman–Crippen MR) is 78.4 cm³/mol. The highest BCUT2D eigenvalue weighted by atomic mass is 14.8. The van der Waals surface area contributed by atoms with Crippen molar-refractivity contribution in [3.63, 3.8) is 0 Å². The highest BCUT2D eigenvalue weighted by molar-refractivity contribution is 5.18. The van der Waals surface area contributed by atoms with Crippen LogP contribution in [-0.4, -0.2) is 6.54 Å². The molecule has 0 radical (unpaired) electrons. The zero-order valence-corrected chi connectivity index (χ0v) is 11.9. The molecule has 1 unspecified atom stereocenters. The number of hydrogen-bond donors (Lipinski definition) is 1. The first-order valence-corrected chi connectivity index (χ1v) is 7.02. The van der Waals surface area contributed by atoms with Gasteiger partial charge in [0, 0.05) is 6.54 Å². The summed E-state index contributed by atoms with van der Waals surface area (Å²) in [5.74, 6) is 0.806. The Hall–Kier alpha value is -1.08. The summed E-state index contributed by atoms with van der Waals surface area (Å²) < 4.78 is 0. The van der Waals surface area contributed by atoms with E-state index in [1.807, 2.05) is 0 Å². The van der Waals surface area contributed by atoms with E-state index in [2.05, 4.69) is 62.5 Å². The first kappa shape index (κ1) is 13.4. The lowest BCUT2D eigenvalue weighted by atomic mass is 9.76. The molecule has 1 atom stereocenters. The van der Waals surface area contributed by atoms with Crippen LogP contribution in [0.1, 0.15) is 39.2 Å². The van der Waals surface area contributed by atoms with Gasteiger partial charge in [0.2, 0.25) is 0 Å². The Bertz CT molecular complexity index is 403. The smallest absolute Gasteiger partial charge is 0.0205 e. The van der Waals surface area contributed by atoms with Gasteiger partial charge < -0.3 is 5.32 Å². The summed E-state index contributed by atoms with van der Waals surface area (Å²) in [6, 6.07) is 10.6. The van der Waals surface area contributed by atoms with Gasteiger partial charge in [-0.15, -0.1) is 0 Å². The van der Waals surface area contributed by atoms with E-state index in [-0.39, 0.29) is 0 Å². The van der Waals surface area contributed by atoms with Crippen LogP contribution in [0.25, 0.3) is 0 Å². The summed E-state index contributed by atoms with van der Waals surface area (Å²) in [6.45, 7) is 9.14. The van der Waals surface area contributed by atoms with E-state index in [9.17, 15) is 0 Å². The number of rotatable bonds is 5. The van der Waals surface area contributed by atoms with Crippen molar-refractivity contribution in [3.8, 4) is 0 Å². The lowest BCUT2D eigenvalue weighted by molar-refractivity contribution is 0.272. The minimum absolute atomic E-state index is 0.397. The zero-order chi connectivity index (χ0) is 13.0. The molecular weight excluding hydrogens is 218 g/mol. The SMILES string of the molecule is CC1=CCC(CCNCc2ccccc2)C1(C)C. The molecule has 0 heterocycles. The Balaban J connectivity index is 1.71. The van der Waals surface area contributed by atoms with Crippen LogP contribution < -0.4 is 5.32 Å². The third-order valence-corrected chi connectivity index (χ3v) is 4.59. The van der Waals surface area contributed by atoms with Crippen LogP contribution in [-0.2, 0) is 6.54 Å². The molecule has 0 aliphatic heterocycles. The molecule has 1 aliphatic rings. The molecular formula is C17H25N. The van der Waals surface area contributed by atoms with Crippen LogP contribution in [0.4, 0.5) is 0 Å². The molecule has 98 valence electrons. The van der Waals surface area contributed by atoms with Crippen LogP contribution in [0.2, 0.25) is 0 Å². The molecule has 1 aromatic rings. The summed E-state index contributed by atoms with van der Waals surface area (Å²) in [5, 5.41) is 3.56. The van der Waals surface area contributed by atoms with Crippen LogP contribution in [0.3, 0.4) is 0 Å². The lowest BCUT2D eigenvalue weighted by Gasteiger charge is -2.29. The summed E-state index contributed by atoms with van der Waals surface area (Å²) in [7, 11) is 0. The van der Waals surface area contributed by atoms with Crippen LogP contribution in [0, 0.1) is 11.3 Å². The van der Waals surface area contributed by atoms with Gasteiger partial charge in [-0.25, -0.2) is 0 Å². The van der Waals surface area contributed by atoms with Gasteiger partial charge in [0.05, 0.1) is 0 Å². The van der Waals surface area contributed by atoms with E-state index >= 15 is 0 Å². The van der Waals surface area contributed by atoms with E-state index in [0.717, 1.165) is 19.0 Å². The average Bonchev–Trinajstić information content (AvgIpc) is 2.62. The van der Waals surface area contributed by atoms with Crippen molar-refractivity contribution in [2.24, 2.45) is 11.3 Å². The van der Waals surface area contributed by atoms with Crippen molar-refractivity contribution in [3.05, 3.63) is 47.5 Å². The van der Waals surface area contributed by atoms with Gasteiger partial charge in [-0.2, -0.15) is 0 Å². The number of nitrogens with one attached hydrogen (secondary N) is 1. The van der Waals surface area contributed by atoms with Gasteiger partial charge >= 0.3 is 0 Å². The molecule has 0 amide bonds. The Morgan fingerprint density at radius 3 is 2.56 bits per heavy atom. The van der Waals surface area contributed by atoms with E-state index in [4.69, 9.17) is 0 Å². The predicted octanol–water partition coefficient (Wildman–Crippen LogP) is 4.16. The van der Waals surface area contributed by atoms with Crippen molar-refractivity contribution in [1.82, 2.24) is 5.32 Å². The van der Waals surface area contributed by atoms with Gasteiger partial charge in [-0.05, 0) is 43.2 Å². The Morgan fingerprint density at radius 2 is 1.94 bits per heavy atom. The summed E-state index contributed by atoms with van der Waals surface area (Å²) in [5.41, 5.74) is 3.34. The molecule has 0 saturated heterocycles. The molecule has 1 N–H and O–H groups in total. The molecule has 1 aliphatic carbocycles. The second-order valence-corrected chi connectivity index (χ2v) is 5.99. The number of benzene rings is 1. The van der Waals surface area contributed by atoms with Gasteiger partial charge in [0.1, 0.15) is 0 Å². The molecule has 0 bridgehead atoms. The van der Waals surface area contributed by atoms with Gasteiger partial charge in [-0.1, -0.05) is 55.8 Å². The second kappa shape index (κ2) is 5.71. The molecule has 0 fully saturated rings. The molecule has 0 saturated carbocycles. The maximum Gasteiger partial charge on any atom is 0.0205 e. The van der Waals surface area contributed by atoms with Crippen LogP contribution in [0.5, 0.6) is 0 Å². The topological polar surface area (TPSA) is 12.0 Å². The molecule has 1 heteroatoms. The summed E-state index contributed by atoms with van der Waals surface area (Å²) >= 11 is 0. The third kappa shape index (κ3) is 3.02. The van der Waals surface area contributed by atoms with Crippen molar-refractivity contribution < 1.29 is 0 Å². The van der Waals surface area contributed by atoms with Crippen molar-refractivity contribution in [2.45, 2.75) is 40.2 Å². The highest BCUT2D eigenvalue weighted by Crippen LogP contribution is 2.44. The average molecular weight is 243 g/mol. The maximum absolute atomic E-state index is 3.56. The van der Waals surface area contributed by atoms with E-state index in [1.54, 1.807) is 5.57 Å². The lowest BCUT2D eigenvalue weighted by Crippen LogP contribution is -2.25. The van der Waals surface area contributed by atoms with Crippen LogP contribution in [0.15, 0.2) is 42.0 Å². The highest BCUT2D eigenvalue weighted by Gasteiger charge is 2.33. The molecule has 1 nitrogen and oxygen atoms in total. The van der Waals surface area contributed by atoms with E-state index < -0.39 is 0 Å². The third-order valence-electron chi connectivity index (χ3n) is 4.59. The molecule has 0 spiro atoms. The molecule has 1 aromatic carbocycles. The minimum Gasteiger partial charge on any atom is -0.313 e. The van der Waals surface area contributed by atoms with Crippen molar-refractivity contribution in [2.75, 3.05) is 6.54 Å². The fourth-order valence-electron chi connectivity index (χ4n) is 2.78. The van der Waals surface area contributed by atoms with Gasteiger partial charge in [-0.3, -0.25) is 0 Å². The first-order chi connectivity index (χ1) is 8.60.